The minimum atomic E-state index is -5.60. The number of amides is 5. The minimum Gasteiger partial charge on any atom is -0.427 e. The van der Waals surface area contributed by atoms with Crippen LogP contribution in [0.2, 0.25) is 0 Å². The van der Waals surface area contributed by atoms with Crippen molar-refractivity contribution in [2.24, 2.45) is 0 Å². The SMILES string of the molecule is CNC(=O)Nc1ccc2c(c1)CC[C@@]21OC(=O)N(CC(=O)N(Cc2ccc(F)cc2)C2CC(NS(=O)(=O)C(F)(F)F)C2)C1=O. The Kier molecular flexibility index (Phi) is 8.04. The largest absolute Gasteiger partial charge is 0.511 e. The first-order valence-electron chi connectivity index (χ1n) is 13.4. The van der Waals surface area contributed by atoms with Crippen molar-refractivity contribution < 1.29 is 49.9 Å². The molecule has 1 saturated heterocycles. The molecule has 2 fully saturated rings. The molecule has 5 amide bonds. The summed E-state index contributed by atoms with van der Waals surface area (Å²) in [7, 11) is -4.16. The second kappa shape index (κ2) is 11.4. The van der Waals surface area contributed by atoms with E-state index in [9.17, 15) is 45.2 Å². The van der Waals surface area contributed by atoms with E-state index in [1.165, 1.54) is 24.1 Å². The maximum absolute atomic E-state index is 13.6. The summed E-state index contributed by atoms with van der Waals surface area (Å²) in [6, 6.07) is 7.54. The number of carbonyl (C=O) groups is 4. The highest BCUT2D eigenvalue weighted by atomic mass is 32.2. The number of hydrogen-bond donors (Lipinski definition) is 3. The van der Waals surface area contributed by atoms with E-state index in [4.69, 9.17) is 4.74 Å². The quantitative estimate of drug-likeness (QED) is 0.375. The fraction of sp³-hybridized carbons (Fsp3) is 0.407. The van der Waals surface area contributed by atoms with Gasteiger partial charge >= 0.3 is 27.7 Å². The number of alkyl halides is 3. The molecule has 0 aromatic heterocycles. The summed E-state index contributed by atoms with van der Waals surface area (Å²) in [5.74, 6) is -2.06. The Labute approximate surface area is 248 Å². The van der Waals surface area contributed by atoms with Crippen molar-refractivity contribution in [3.63, 3.8) is 0 Å². The second-order valence-electron chi connectivity index (χ2n) is 10.7. The molecule has 236 valence electrons. The summed E-state index contributed by atoms with van der Waals surface area (Å²) in [6.07, 6.45) is -0.943. The zero-order valence-corrected chi connectivity index (χ0v) is 23.9. The number of fused-ring (bicyclic) bond motifs is 2. The van der Waals surface area contributed by atoms with E-state index >= 15 is 0 Å². The van der Waals surface area contributed by atoms with Crippen molar-refractivity contribution in [3.05, 3.63) is 65.0 Å². The fourth-order valence-corrected chi connectivity index (χ4v) is 6.35. The number of nitrogens with one attached hydrogen (secondary N) is 3. The van der Waals surface area contributed by atoms with Crippen LogP contribution in [-0.4, -0.2) is 73.3 Å². The third kappa shape index (κ3) is 5.80. The number of rotatable bonds is 8. The number of ether oxygens (including phenoxy) is 1. The number of sulfonamides is 1. The number of halogens is 4. The zero-order chi connectivity index (χ0) is 32.0. The van der Waals surface area contributed by atoms with Crippen LogP contribution < -0.4 is 15.4 Å². The van der Waals surface area contributed by atoms with Gasteiger partial charge in [-0.1, -0.05) is 18.2 Å². The van der Waals surface area contributed by atoms with Crippen LogP contribution >= 0.6 is 0 Å². The Bertz CT molecular complexity index is 1610. The maximum atomic E-state index is 13.6. The first-order valence-corrected chi connectivity index (χ1v) is 14.9. The molecule has 17 heteroatoms. The van der Waals surface area contributed by atoms with Gasteiger partial charge in [0.05, 0.1) is 0 Å². The molecule has 3 aliphatic rings. The van der Waals surface area contributed by atoms with Crippen LogP contribution in [0.15, 0.2) is 42.5 Å². The molecule has 12 nitrogen and oxygen atoms in total. The Hall–Kier alpha value is -4.25. The molecule has 0 bridgehead atoms. The van der Waals surface area contributed by atoms with Crippen LogP contribution in [0.25, 0.3) is 0 Å². The number of anilines is 1. The predicted octanol–water partition coefficient (Wildman–Crippen LogP) is 2.70. The van der Waals surface area contributed by atoms with E-state index < -0.39 is 69.5 Å². The van der Waals surface area contributed by atoms with Gasteiger partial charge in [-0.05, 0) is 54.7 Å². The lowest BCUT2D eigenvalue weighted by Crippen LogP contribution is -2.58. The summed E-state index contributed by atoms with van der Waals surface area (Å²) < 4.78 is 82.1. The lowest BCUT2D eigenvalue weighted by atomic mass is 9.86. The Morgan fingerprint density at radius 1 is 1.11 bits per heavy atom. The van der Waals surface area contributed by atoms with Crippen LogP contribution in [0.4, 0.5) is 32.8 Å². The molecular formula is C27H27F4N5O7S. The number of benzene rings is 2. The molecule has 5 rings (SSSR count). The molecular weight excluding hydrogens is 614 g/mol. The van der Waals surface area contributed by atoms with Crippen molar-refractivity contribution in [2.75, 3.05) is 18.9 Å². The normalized spacial score (nSPS) is 22.8. The van der Waals surface area contributed by atoms with E-state index in [2.05, 4.69) is 10.6 Å². The lowest BCUT2D eigenvalue weighted by Gasteiger charge is -2.43. The van der Waals surface area contributed by atoms with E-state index in [1.54, 1.807) is 22.9 Å². The van der Waals surface area contributed by atoms with Gasteiger partial charge in [0.2, 0.25) is 11.5 Å². The Morgan fingerprint density at radius 2 is 1.80 bits per heavy atom. The number of nitrogens with zero attached hydrogens (tertiary/aromatic N) is 2. The maximum Gasteiger partial charge on any atom is 0.511 e. The van der Waals surface area contributed by atoms with Gasteiger partial charge in [-0.15, -0.1) is 0 Å². The molecule has 1 atom stereocenters. The third-order valence-corrected chi connectivity index (χ3v) is 9.16. The van der Waals surface area contributed by atoms with Crippen LogP contribution in [0.1, 0.15) is 36.0 Å². The number of aryl methyl sites for hydroxylation is 1. The van der Waals surface area contributed by atoms with Gasteiger partial charge in [-0.25, -0.2) is 32.0 Å². The number of urea groups is 1. The van der Waals surface area contributed by atoms with Gasteiger partial charge in [-0.2, -0.15) is 13.2 Å². The van der Waals surface area contributed by atoms with Crippen LogP contribution in [0, 0.1) is 5.82 Å². The molecule has 2 aromatic rings. The highest BCUT2D eigenvalue weighted by molar-refractivity contribution is 7.90. The predicted molar refractivity (Wildman–Crippen MR) is 145 cm³/mol. The molecule has 1 heterocycles. The first-order chi connectivity index (χ1) is 20.6. The molecule has 0 unspecified atom stereocenters. The third-order valence-electron chi connectivity index (χ3n) is 7.90. The average Bonchev–Trinajstić information content (AvgIpc) is 3.41. The summed E-state index contributed by atoms with van der Waals surface area (Å²) in [4.78, 5) is 53.7. The summed E-state index contributed by atoms with van der Waals surface area (Å²) >= 11 is 0. The first kappa shape index (κ1) is 31.2. The summed E-state index contributed by atoms with van der Waals surface area (Å²) in [5.41, 5.74) is -5.19. The van der Waals surface area contributed by atoms with Gasteiger partial charge in [0, 0.05) is 43.3 Å². The molecule has 2 aromatic carbocycles. The standard InChI is InChI=1S/C27H27F4N5O7S/c1-32-24(39)33-18-6-7-21-16(10-18)8-9-26(21)23(38)36(25(40)43-26)14-22(37)35(13-15-2-4-17(28)5-3-15)20-11-19(12-20)34-44(41,42)27(29,30)31/h2-7,10,19-20,34H,8-9,11-14H2,1H3,(H2,32,33,39)/t19?,20?,26-/m1/s1. The molecule has 3 N–H and O–H groups in total. The molecule has 1 spiro atoms. The summed E-state index contributed by atoms with van der Waals surface area (Å²) in [6.45, 7) is -0.892. The monoisotopic (exact) mass is 641 g/mol. The zero-order valence-electron chi connectivity index (χ0n) is 23.1. The van der Waals surface area contributed by atoms with Crippen molar-refractivity contribution >= 4 is 39.6 Å². The number of hydrogen-bond acceptors (Lipinski definition) is 7. The van der Waals surface area contributed by atoms with Gasteiger partial charge in [0.15, 0.2) is 0 Å². The van der Waals surface area contributed by atoms with E-state index in [0.29, 0.717) is 33.7 Å². The lowest BCUT2D eigenvalue weighted by molar-refractivity contribution is -0.144. The second-order valence-corrected chi connectivity index (χ2v) is 12.4. The molecule has 1 saturated carbocycles. The van der Waals surface area contributed by atoms with Gasteiger partial charge in [-0.3, -0.25) is 9.59 Å². The number of imide groups is 1. The molecule has 44 heavy (non-hydrogen) atoms. The number of carbonyl (C=O) groups excluding carboxylic acids is 4. The van der Waals surface area contributed by atoms with Gasteiger partial charge in [0.25, 0.3) is 5.91 Å². The van der Waals surface area contributed by atoms with Gasteiger partial charge < -0.3 is 20.3 Å². The van der Waals surface area contributed by atoms with Crippen LogP contribution in [0.3, 0.4) is 0 Å². The fourth-order valence-electron chi connectivity index (χ4n) is 5.58. The topological polar surface area (TPSA) is 154 Å². The van der Waals surface area contributed by atoms with Gasteiger partial charge in [0.1, 0.15) is 12.4 Å². The highest BCUT2D eigenvalue weighted by Crippen LogP contribution is 2.46. The summed E-state index contributed by atoms with van der Waals surface area (Å²) in [5, 5.41) is 5.04. The van der Waals surface area contributed by atoms with Crippen molar-refractivity contribution in [3.8, 4) is 0 Å². The van der Waals surface area contributed by atoms with Crippen molar-refractivity contribution in [2.45, 2.75) is 55.4 Å². The van der Waals surface area contributed by atoms with Crippen LogP contribution in [0.5, 0.6) is 0 Å². The smallest absolute Gasteiger partial charge is 0.427 e. The Morgan fingerprint density at radius 3 is 2.43 bits per heavy atom. The van der Waals surface area contributed by atoms with E-state index in [0.717, 1.165) is 12.1 Å². The van der Waals surface area contributed by atoms with E-state index in [1.807, 2.05) is 0 Å². The molecule has 0 radical (unpaired) electrons. The molecule has 2 aliphatic carbocycles. The molecule has 1 aliphatic heterocycles. The Balaban J connectivity index is 1.32. The highest BCUT2D eigenvalue weighted by Gasteiger charge is 2.58. The van der Waals surface area contributed by atoms with E-state index in [-0.39, 0.29) is 25.8 Å². The van der Waals surface area contributed by atoms with Crippen molar-refractivity contribution in [1.82, 2.24) is 19.8 Å². The van der Waals surface area contributed by atoms with Crippen LogP contribution in [-0.2, 0) is 42.9 Å². The van der Waals surface area contributed by atoms with Crippen molar-refractivity contribution in [1.29, 1.82) is 0 Å². The minimum absolute atomic E-state index is 0.101. The average molecular weight is 642 g/mol.